The monoisotopic (exact) mass is 245 g/mol. The first-order chi connectivity index (χ1) is 8.81. The van der Waals surface area contributed by atoms with Crippen LogP contribution in [0.25, 0.3) is 5.82 Å². The molecule has 2 aromatic rings. The summed E-state index contributed by atoms with van der Waals surface area (Å²) in [5.41, 5.74) is 0. The summed E-state index contributed by atoms with van der Waals surface area (Å²) in [6, 6.07) is 3.68. The highest BCUT2D eigenvalue weighted by atomic mass is 16.5. The Morgan fingerprint density at radius 1 is 1.44 bits per heavy atom. The van der Waals surface area contributed by atoms with Crippen LogP contribution in [-0.2, 0) is 0 Å². The quantitative estimate of drug-likeness (QED) is 0.862. The molecule has 18 heavy (non-hydrogen) atoms. The van der Waals surface area contributed by atoms with Gasteiger partial charge in [-0.25, -0.2) is 9.67 Å². The van der Waals surface area contributed by atoms with Crippen molar-refractivity contribution in [3.63, 3.8) is 0 Å². The van der Waals surface area contributed by atoms with Gasteiger partial charge in [0, 0.05) is 25.0 Å². The van der Waals surface area contributed by atoms with Crippen molar-refractivity contribution in [1.82, 2.24) is 25.1 Å². The molecule has 0 spiro atoms. The summed E-state index contributed by atoms with van der Waals surface area (Å²) in [5.74, 6) is 2.03. The Balaban J connectivity index is 1.86. The molecule has 3 rings (SSSR count). The minimum absolute atomic E-state index is 0.199. The number of nitrogens with zero attached hydrogens (tertiary/aromatic N) is 4. The van der Waals surface area contributed by atoms with Crippen LogP contribution in [0.5, 0.6) is 5.88 Å². The van der Waals surface area contributed by atoms with Gasteiger partial charge in [0.05, 0.1) is 0 Å². The molecule has 1 unspecified atom stereocenters. The van der Waals surface area contributed by atoms with Gasteiger partial charge in [-0.3, -0.25) is 0 Å². The molecule has 6 nitrogen and oxygen atoms in total. The fraction of sp³-hybridized carbons (Fsp3) is 0.417. The largest absolute Gasteiger partial charge is 0.473 e. The van der Waals surface area contributed by atoms with E-state index >= 15 is 0 Å². The topological polar surface area (TPSA) is 64.9 Å². The van der Waals surface area contributed by atoms with Crippen molar-refractivity contribution >= 4 is 0 Å². The van der Waals surface area contributed by atoms with Gasteiger partial charge in [-0.15, -0.1) is 0 Å². The van der Waals surface area contributed by atoms with Crippen LogP contribution < -0.4 is 10.1 Å². The van der Waals surface area contributed by atoms with Crippen molar-refractivity contribution in [1.29, 1.82) is 0 Å². The van der Waals surface area contributed by atoms with Gasteiger partial charge in [-0.1, -0.05) is 0 Å². The van der Waals surface area contributed by atoms with Crippen LogP contribution in [0.1, 0.15) is 12.2 Å². The lowest BCUT2D eigenvalue weighted by molar-refractivity contribution is 0.213. The summed E-state index contributed by atoms with van der Waals surface area (Å²) in [6.07, 6.45) is 4.78. The maximum Gasteiger partial charge on any atom is 0.219 e. The van der Waals surface area contributed by atoms with Crippen molar-refractivity contribution < 1.29 is 4.74 Å². The smallest absolute Gasteiger partial charge is 0.219 e. The summed E-state index contributed by atoms with van der Waals surface area (Å²) in [5, 5.41) is 7.42. The molecule has 1 fully saturated rings. The maximum atomic E-state index is 5.84. The van der Waals surface area contributed by atoms with E-state index in [-0.39, 0.29) is 6.10 Å². The number of hydrogen-bond acceptors (Lipinski definition) is 5. The van der Waals surface area contributed by atoms with Gasteiger partial charge in [0.2, 0.25) is 5.88 Å². The highest BCUT2D eigenvalue weighted by molar-refractivity contribution is 5.27. The molecule has 2 aromatic heterocycles. The fourth-order valence-corrected chi connectivity index (χ4v) is 2.01. The Morgan fingerprint density at radius 3 is 3.11 bits per heavy atom. The Morgan fingerprint density at radius 2 is 2.39 bits per heavy atom. The van der Waals surface area contributed by atoms with Crippen LogP contribution in [0.4, 0.5) is 0 Å². The Labute approximate surface area is 105 Å². The molecule has 1 aliphatic heterocycles. The number of rotatable bonds is 3. The molecule has 1 saturated heterocycles. The van der Waals surface area contributed by atoms with Crippen molar-refractivity contribution in [3.05, 3.63) is 30.4 Å². The molecular weight excluding hydrogens is 230 g/mol. The van der Waals surface area contributed by atoms with E-state index in [1.807, 2.05) is 25.3 Å². The van der Waals surface area contributed by atoms with Crippen molar-refractivity contribution in [2.75, 3.05) is 13.1 Å². The summed E-state index contributed by atoms with van der Waals surface area (Å²) >= 11 is 0. The summed E-state index contributed by atoms with van der Waals surface area (Å²) < 4.78 is 7.54. The van der Waals surface area contributed by atoms with Crippen LogP contribution >= 0.6 is 0 Å². The van der Waals surface area contributed by atoms with Crippen LogP contribution in [0.3, 0.4) is 0 Å². The Bertz CT molecular complexity index is 519. The SMILES string of the molecule is Cc1nc(OC2CCNC2)cc(-n2cccn2)n1. The first-order valence-electron chi connectivity index (χ1n) is 6.04. The molecular formula is C12H15N5O. The second-order valence-electron chi connectivity index (χ2n) is 4.29. The van der Waals surface area contributed by atoms with E-state index in [0.29, 0.717) is 11.7 Å². The minimum Gasteiger partial charge on any atom is -0.473 e. The van der Waals surface area contributed by atoms with Crippen LogP contribution in [0.2, 0.25) is 0 Å². The summed E-state index contributed by atoms with van der Waals surface area (Å²) in [7, 11) is 0. The standard InChI is InChI=1S/C12H15N5O/c1-9-15-11(17-6-2-4-14-17)7-12(16-9)18-10-3-5-13-8-10/h2,4,6-7,10,13H,3,5,8H2,1H3. The van der Waals surface area contributed by atoms with Gasteiger partial charge in [0.15, 0.2) is 5.82 Å². The number of aromatic nitrogens is 4. The lowest BCUT2D eigenvalue weighted by Crippen LogP contribution is -2.20. The lowest BCUT2D eigenvalue weighted by Gasteiger charge is -2.12. The predicted molar refractivity (Wildman–Crippen MR) is 65.8 cm³/mol. The molecule has 94 valence electrons. The van der Waals surface area contributed by atoms with Gasteiger partial charge < -0.3 is 10.1 Å². The molecule has 0 bridgehead atoms. The number of nitrogens with one attached hydrogen (secondary N) is 1. The molecule has 1 N–H and O–H groups in total. The van der Waals surface area contributed by atoms with Crippen LogP contribution in [0.15, 0.2) is 24.5 Å². The number of ether oxygens (including phenoxy) is 1. The van der Waals surface area contributed by atoms with Gasteiger partial charge in [-0.05, 0) is 26.0 Å². The normalized spacial score (nSPS) is 19.1. The zero-order valence-corrected chi connectivity index (χ0v) is 10.2. The van der Waals surface area contributed by atoms with Gasteiger partial charge >= 0.3 is 0 Å². The van der Waals surface area contributed by atoms with E-state index in [9.17, 15) is 0 Å². The van der Waals surface area contributed by atoms with Gasteiger partial charge in [-0.2, -0.15) is 10.1 Å². The van der Waals surface area contributed by atoms with Crippen molar-refractivity contribution in [2.24, 2.45) is 0 Å². The third-order valence-electron chi connectivity index (χ3n) is 2.84. The van der Waals surface area contributed by atoms with E-state index in [1.165, 1.54) is 0 Å². The number of aryl methyl sites for hydroxylation is 1. The first-order valence-corrected chi connectivity index (χ1v) is 6.04. The number of hydrogen-bond donors (Lipinski definition) is 1. The molecule has 0 aliphatic carbocycles. The molecule has 0 saturated carbocycles. The van der Waals surface area contributed by atoms with E-state index in [2.05, 4.69) is 20.4 Å². The summed E-state index contributed by atoms with van der Waals surface area (Å²) in [6.45, 7) is 3.73. The second-order valence-corrected chi connectivity index (χ2v) is 4.29. The molecule has 0 radical (unpaired) electrons. The van der Waals surface area contributed by atoms with E-state index < -0.39 is 0 Å². The van der Waals surface area contributed by atoms with Crippen molar-refractivity contribution in [3.8, 4) is 11.7 Å². The van der Waals surface area contributed by atoms with Crippen LogP contribution in [0, 0.1) is 6.92 Å². The molecule has 3 heterocycles. The highest BCUT2D eigenvalue weighted by Gasteiger charge is 2.17. The van der Waals surface area contributed by atoms with Gasteiger partial charge in [0.25, 0.3) is 0 Å². The second kappa shape index (κ2) is 4.73. The minimum atomic E-state index is 0.199. The zero-order chi connectivity index (χ0) is 12.4. The Kier molecular flexibility index (Phi) is 2.93. The highest BCUT2D eigenvalue weighted by Crippen LogP contribution is 2.15. The van der Waals surface area contributed by atoms with E-state index in [4.69, 9.17) is 4.74 Å². The molecule has 0 amide bonds. The first kappa shape index (κ1) is 11.2. The van der Waals surface area contributed by atoms with Gasteiger partial charge in [0.1, 0.15) is 11.9 Å². The van der Waals surface area contributed by atoms with E-state index in [1.54, 1.807) is 10.9 Å². The predicted octanol–water partition coefficient (Wildman–Crippen LogP) is 0.711. The molecule has 6 heteroatoms. The van der Waals surface area contributed by atoms with Crippen LogP contribution in [-0.4, -0.2) is 38.9 Å². The molecule has 0 aromatic carbocycles. The van der Waals surface area contributed by atoms with Crippen molar-refractivity contribution in [2.45, 2.75) is 19.4 Å². The molecule has 1 atom stereocenters. The fourth-order valence-electron chi connectivity index (χ4n) is 2.01. The zero-order valence-electron chi connectivity index (χ0n) is 10.2. The maximum absolute atomic E-state index is 5.84. The lowest BCUT2D eigenvalue weighted by atomic mass is 10.3. The molecule has 1 aliphatic rings. The summed E-state index contributed by atoms with van der Waals surface area (Å²) in [4.78, 5) is 8.65. The average molecular weight is 245 g/mol. The third-order valence-corrected chi connectivity index (χ3v) is 2.84. The average Bonchev–Trinajstić information content (AvgIpc) is 3.00. The third kappa shape index (κ3) is 2.33. The van der Waals surface area contributed by atoms with E-state index in [0.717, 1.165) is 25.3 Å². The Hall–Kier alpha value is -1.95.